The molecule has 1 heterocycles. The lowest BCUT2D eigenvalue weighted by Crippen LogP contribution is -2.41. The van der Waals surface area contributed by atoms with Crippen LogP contribution in [-0.2, 0) is 4.79 Å². The average molecular weight is 284 g/mol. The molecule has 6 heteroatoms. The number of carbonyl (C=O) groups excluding carboxylic acids is 1. The summed E-state index contributed by atoms with van der Waals surface area (Å²) in [5.41, 5.74) is 12.5. The van der Waals surface area contributed by atoms with E-state index in [0.29, 0.717) is 10.6 Å². The molecule has 1 aromatic rings. The maximum absolute atomic E-state index is 11.4. The van der Waals surface area contributed by atoms with Gasteiger partial charge in [0.05, 0.1) is 10.6 Å². The Balaban J connectivity index is 2.48. The molecule has 1 fully saturated rings. The first-order valence-electron chi connectivity index (χ1n) is 5.66. The smallest absolute Gasteiger partial charge is 0.240 e. The fraction of sp³-hybridized carbons (Fsp3) is 0.333. The molecule has 0 radical (unpaired) electrons. The van der Waals surface area contributed by atoms with Crippen LogP contribution in [0.5, 0.6) is 0 Å². The van der Waals surface area contributed by atoms with Crippen LogP contribution in [0.25, 0.3) is 0 Å². The number of anilines is 1. The van der Waals surface area contributed by atoms with E-state index in [2.05, 4.69) is 0 Å². The third-order valence-electron chi connectivity index (χ3n) is 3.13. The van der Waals surface area contributed by atoms with E-state index in [4.69, 9.17) is 35.3 Å². The van der Waals surface area contributed by atoms with Gasteiger partial charge in [0.2, 0.25) is 5.91 Å². The molecule has 1 atom stereocenters. The maximum atomic E-state index is 11.4. The second-order valence-electron chi connectivity index (χ2n) is 4.25. The molecule has 1 aliphatic heterocycles. The average Bonchev–Trinajstić information content (AvgIpc) is 2.76. The molecule has 1 aromatic carbocycles. The lowest BCUT2D eigenvalue weighted by molar-refractivity contribution is -0.119. The van der Waals surface area contributed by atoms with Gasteiger partial charge in [0, 0.05) is 12.2 Å². The number of halogens is 1. The zero-order valence-electron chi connectivity index (χ0n) is 9.73. The molecule has 96 valence electrons. The van der Waals surface area contributed by atoms with Gasteiger partial charge in [-0.3, -0.25) is 4.79 Å². The fourth-order valence-corrected chi connectivity index (χ4v) is 2.89. The van der Waals surface area contributed by atoms with Gasteiger partial charge in [0.1, 0.15) is 11.0 Å². The SMILES string of the molecule is NC(=O)C1CCCN1c1cccc(Cl)c1C(N)=S. The molecular weight excluding hydrogens is 270 g/mol. The molecule has 0 aromatic heterocycles. The Hall–Kier alpha value is -1.33. The summed E-state index contributed by atoms with van der Waals surface area (Å²) in [6.45, 7) is 0.754. The Morgan fingerprint density at radius 3 is 2.78 bits per heavy atom. The van der Waals surface area contributed by atoms with Crippen LogP contribution >= 0.6 is 23.8 Å². The molecule has 1 unspecified atom stereocenters. The number of amides is 1. The number of thiocarbonyl (C=S) groups is 1. The van der Waals surface area contributed by atoms with Gasteiger partial charge in [-0.1, -0.05) is 29.9 Å². The number of rotatable bonds is 3. The number of nitrogens with zero attached hydrogens (tertiary/aromatic N) is 1. The molecule has 0 bridgehead atoms. The van der Waals surface area contributed by atoms with E-state index in [1.54, 1.807) is 6.07 Å². The van der Waals surface area contributed by atoms with E-state index in [0.717, 1.165) is 25.1 Å². The van der Waals surface area contributed by atoms with Crippen molar-refractivity contribution in [3.8, 4) is 0 Å². The lowest BCUT2D eigenvalue weighted by Gasteiger charge is -2.27. The number of hydrogen-bond acceptors (Lipinski definition) is 3. The van der Waals surface area contributed by atoms with Crippen LogP contribution in [0.4, 0.5) is 5.69 Å². The van der Waals surface area contributed by atoms with Crippen molar-refractivity contribution in [2.24, 2.45) is 11.5 Å². The summed E-state index contributed by atoms with van der Waals surface area (Å²) in [6.07, 6.45) is 1.66. The van der Waals surface area contributed by atoms with Crippen LogP contribution in [-0.4, -0.2) is 23.5 Å². The van der Waals surface area contributed by atoms with E-state index in [9.17, 15) is 4.79 Å². The van der Waals surface area contributed by atoms with Crippen molar-refractivity contribution in [2.75, 3.05) is 11.4 Å². The van der Waals surface area contributed by atoms with Crippen molar-refractivity contribution >= 4 is 40.4 Å². The van der Waals surface area contributed by atoms with Crippen molar-refractivity contribution in [1.82, 2.24) is 0 Å². The quantitative estimate of drug-likeness (QED) is 0.823. The topological polar surface area (TPSA) is 72.4 Å². The Kier molecular flexibility index (Phi) is 3.73. The zero-order chi connectivity index (χ0) is 13.3. The van der Waals surface area contributed by atoms with E-state index >= 15 is 0 Å². The highest BCUT2D eigenvalue weighted by molar-refractivity contribution is 7.80. The molecule has 1 amide bonds. The first-order valence-corrected chi connectivity index (χ1v) is 6.45. The summed E-state index contributed by atoms with van der Waals surface area (Å²) in [6, 6.07) is 5.10. The maximum Gasteiger partial charge on any atom is 0.240 e. The molecule has 0 aliphatic carbocycles. The summed E-state index contributed by atoms with van der Waals surface area (Å²) in [5, 5.41) is 0.495. The molecule has 4 N–H and O–H groups in total. The van der Waals surface area contributed by atoms with Crippen LogP contribution in [0.3, 0.4) is 0 Å². The normalized spacial score (nSPS) is 18.9. The zero-order valence-corrected chi connectivity index (χ0v) is 11.3. The van der Waals surface area contributed by atoms with Crippen molar-refractivity contribution < 1.29 is 4.79 Å². The largest absolute Gasteiger partial charge is 0.389 e. The Bertz CT molecular complexity index is 506. The number of hydrogen-bond donors (Lipinski definition) is 2. The molecule has 0 spiro atoms. The number of benzene rings is 1. The van der Waals surface area contributed by atoms with Gasteiger partial charge in [-0.25, -0.2) is 0 Å². The summed E-state index contributed by atoms with van der Waals surface area (Å²) >= 11 is 11.1. The third-order valence-corrected chi connectivity index (χ3v) is 3.65. The minimum Gasteiger partial charge on any atom is -0.389 e. The second kappa shape index (κ2) is 5.12. The van der Waals surface area contributed by atoms with Crippen LogP contribution in [0.15, 0.2) is 18.2 Å². The molecule has 1 aliphatic rings. The highest BCUT2D eigenvalue weighted by atomic mass is 35.5. The predicted molar refractivity (Wildman–Crippen MR) is 76.9 cm³/mol. The monoisotopic (exact) mass is 283 g/mol. The van der Waals surface area contributed by atoms with Crippen LogP contribution in [0.2, 0.25) is 5.02 Å². The predicted octanol–water partition coefficient (Wildman–Crippen LogP) is 1.43. The number of carbonyl (C=O) groups is 1. The van der Waals surface area contributed by atoms with Gasteiger partial charge in [0.25, 0.3) is 0 Å². The summed E-state index contributed by atoms with van der Waals surface area (Å²) in [7, 11) is 0. The lowest BCUT2D eigenvalue weighted by atomic mass is 10.1. The minimum atomic E-state index is -0.332. The van der Waals surface area contributed by atoms with Gasteiger partial charge in [0.15, 0.2) is 0 Å². The van der Waals surface area contributed by atoms with Crippen molar-refractivity contribution in [1.29, 1.82) is 0 Å². The first-order chi connectivity index (χ1) is 8.52. The molecule has 0 saturated carbocycles. The van der Waals surface area contributed by atoms with Crippen molar-refractivity contribution in [3.05, 3.63) is 28.8 Å². The van der Waals surface area contributed by atoms with Crippen LogP contribution in [0, 0.1) is 0 Å². The fourth-order valence-electron chi connectivity index (χ4n) is 2.35. The number of nitrogens with two attached hydrogens (primary N) is 2. The molecule has 2 rings (SSSR count). The van der Waals surface area contributed by atoms with E-state index in [-0.39, 0.29) is 16.9 Å². The molecular formula is C12H14ClN3OS. The molecule has 18 heavy (non-hydrogen) atoms. The summed E-state index contributed by atoms with van der Waals surface area (Å²) < 4.78 is 0. The van der Waals surface area contributed by atoms with Crippen LogP contribution in [0.1, 0.15) is 18.4 Å². The van der Waals surface area contributed by atoms with E-state index in [1.807, 2.05) is 17.0 Å². The third kappa shape index (κ3) is 2.28. The van der Waals surface area contributed by atoms with Gasteiger partial charge in [-0.05, 0) is 25.0 Å². The van der Waals surface area contributed by atoms with Gasteiger partial charge >= 0.3 is 0 Å². The second-order valence-corrected chi connectivity index (χ2v) is 5.10. The first kappa shape index (κ1) is 13.1. The van der Waals surface area contributed by atoms with E-state index in [1.165, 1.54) is 0 Å². The van der Waals surface area contributed by atoms with Gasteiger partial charge in [-0.2, -0.15) is 0 Å². The Labute approximate surface area is 116 Å². The van der Waals surface area contributed by atoms with E-state index < -0.39 is 0 Å². The molecule has 1 saturated heterocycles. The Morgan fingerprint density at radius 1 is 1.44 bits per heavy atom. The van der Waals surface area contributed by atoms with Crippen molar-refractivity contribution in [2.45, 2.75) is 18.9 Å². The summed E-state index contributed by atoms with van der Waals surface area (Å²) in [5.74, 6) is -0.332. The minimum absolute atomic E-state index is 0.228. The van der Waals surface area contributed by atoms with Gasteiger partial charge in [-0.15, -0.1) is 0 Å². The molecule has 4 nitrogen and oxygen atoms in total. The highest BCUT2D eigenvalue weighted by Crippen LogP contribution is 2.32. The number of primary amides is 1. The van der Waals surface area contributed by atoms with Crippen LogP contribution < -0.4 is 16.4 Å². The Morgan fingerprint density at radius 2 is 2.17 bits per heavy atom. The highest BCUT2D eigenvalue weighted by Gasteiger charge is 2.31. The standard InChI is InChI=1S/C12H14ClN3OS/c13-7-3-1-4-8(10(7)12(15)18)16-6-2-5-9(16)11(14)17/h1,3-4,9H,2,5-6H2,(H2,14,17)(H2,15,18). The van der Waals surface area contributed by atoms with Crippen molar-refractivity contribution in [3.63, 3.8) is 0 Å². The summed E-state index contributed by atoms with van der Waals surface area (Å²) in [4.78, 5) is 13.6. The van der Waals surface area contributed by atoms with Gasteiger partial charge < -0.3 is 16.4 Å².